The van der Waals surface area contributed by atoms with Gasteiger partial charge in [0.05, 0.1) is 16.3 Å². The van der Waals surface area contributed by atoms with Gasteiger partial charge >= 0.3 is 0 Å². The van der Waals surface area contributed by atoms with E-state index in [0.717, 1.165) is 10.5 Å². The summed E-state index contributed by atoms with van der Waals surface area (Å²) in [4.78, 5) is 12.0. The molecule has 0 atom stereocenters. The van der Waals surface area contributed by atoms with Crippen LogP contribution in [0, 0.1) is 5.82 Å². The summed E-state index contributed by atoms with van der Waals surface area (Å²) < 4.78 is 14.3. The third-order valence-electron chi connectivity index (χ3n) is 2.35. The third-order valence-corrected chi connectivity index (χ3v) is 3.41. The Morgan fingerprint density at radius 2 is 1.89 bits per heavy atom. The highest BCUT2D eigenvalue weighted by Crippen LogP contribution is 2.26. The molecule has 0 spiro atoms. The number of rotatable bonds is 2. The van der Waals surface area contributed by atoms with Crippen LogP contribution in [0.4, 0.5) is 10.1 Å². The smallest absolute Gasteiger partial charge is 0.258 e. The average Bonchev–Trinajstić information content (AvgIpc) is 2.36. The molecule has 2 rings (SSSR count). The molecule has 0 radical (unpaired) electrons. The SMILES string of the molecule is O=C(Nc1cc(Br)ccc1Cl)c1cc(Cl)ccc1F. The van der Waals surface area contributed by atoms with E-state index in [1.54, 1.807) is 18.2 Å². The fraction of sp³-hybridized carbons (Fsp3) is 0. The van der Waals surface area contributed by atoms with Crippen molar-refractivity contribution in [3.8, 4) is 0 Å². The molecule has 1 amide bonds. The van der Waals surface area contributed by atoms with Gasteiger partial charge in [-0.3, -0.25) is 4.79 Å². The number of halogens is 4. The molecule has 0 saturated carbocycles. The van der Waals surface area contributed by atoms with E-state index in [9.17, 15) is 9.18 Å². The van der Waals surface area contributed by atoms with Crippen LogP contribution in [0.15, 0.2) is 40.9 Å². The molecule has 0 heterocycles. The molecule has 0 aliphatic rings. The lowest BCUT2D eigenvalue weighted by molar-refractivity contribution is 0.102. The lowest BCUT2D eigenvalue weighted by Crippen LogP contribution is -2.14. The van der Waals surface area contributed by atoms with Crippen LogP contribution in [0.5, 0.6) is 0 Å². The van der Waals surface area contributed by atoms with Crippen LogP contribution in [0.1, 0.15) is 10.4 Å². The van der Waals surface area contributed by atoms with Crippen molar-refractivity contribution >= 4 is 50.7 Å². The maximum absolute atomic E-state index is 13.5. The first-order chi connectivity index (χ1) is 8.97. The molecule has 19 heavy (non-hydrogen) atoms. The van der Waals surface area contributed by atoms with Crippen molar-refractivity contribution in [3.05, 3.63) is 62.3 Å². The van der Waals surface area contributed by atoms with Crippen LogP contribution in [0.3, 0.4) is 0 Å². The van der Waals surface area contributed by atoms with E-state index in [0.29, 0.717) is 10.7 Å². The number of carbonyl (C=O) groups excluding carboxylic acids is 1. The summed E-state index contributed by atoms with van der Waals surface area (Å²) in [6, 6.07) is 8.76. The van der Waals surface area contributed by atoms with Crippen LogP contribution in [0.2, 0.25) is 10.0 Å². The Labute approximate surface area is 127 Å². The quantitative estimate of drug-likeness (QED) is 0.786. The molecular weight excluding hydrogens is 356 g/mol. The van der Waals surface area contributed by atoms with Gasteiger partial charge < -0.3 is 5.32 Å². The number of carbonyl (C=O) groups is 1. The van der Waals surface area contributed by atoms with E-state index in [4.69, 9.17) is 23.2 Å². The predicted octanol–water partition coefficient (Wildman–Crippen LogP) is 5.15. The van der Waals surface area contributed by atoms with E-state index in [2.05, 4.69) is 21.2 Å². The van der Waals surface area contributed by atoms with Crippen LogP contribution in [-0.2, 0) is 0 Å². The highest BCUT2D eigenvalue weighted by molar-refractivity contribution is 9.10. The van der Waals surface area contributed by atoms with Crippen molar-refractivity contribution in [3.63, 3.8) is 0 Å². The molecule has 6 heteroatoms. The van der Waals surface area contributed by atoms with Gasteiger partial charge in [-0.2, -0.15) is 0 Å². The zero-order valence-electron chi connectivity index (χ0n) is 9.38. The molecule has 0 unspecified atom stereocenters. The van der Waals surface area contributed by atoms with Crippen LogP contribution in [0.25, 0.3) is 0 Å². The molecule has 0 aromatic heterocycles. The molecule has 0 saturated heterocycles. The van der Waals surface area contributed by atoms with Gasteiger partial charge in [-0.05, 0) is 36.4 Å². The Bertz CT molecular complexity index is 649. The summed E-state index contributed by atoms with van der Waals surface area (Å²) in [5.74, 6) is -1.26. The minimum Gasteiger partial charge on any atom is -0.321 e. The molecule has 2 aromatic carbocycles. The molecule has 2 aromatic rings. The molecule has 0 aliphatic heterocycles. The number of nitrogens with one attached hydrogen (secondary N) is 1. The summed E-state index contributed by atoms with van der Waals surface area (Å²) in [7, 11) is 0. The maximum atomic E-state index is 13.5. The zero-order valence-corrected chi connectivity index (χ0v) is 12.5. The number of benzene rings is 2. The van der Waals surface area contributed by atoms with E-state index in [-0.39, 0.29) is 10.6 Å². The van der Waals surface area contributed by atoms with Crippen LogP contribution < -0.4 is 5.32 Å². The number of amides is 1. The van der Waals surface area contributed by atoms with Gasteiger partial charge in [-0.25, -0.2) is 4.39 Å². The minimum atomic E-state index is -0.645. The second kappa shape index (κ2) is 5.90. The van der Waals surface area contributed by atoms with Crippen LogP contribution in [-0.4, -0.2) is 5.91 Å². The standard InChI is InChI=1S/C13H7BrCl2FNO/c14-7-1-3-10(16)12(5-7)18-13(19)9-6-8(15)2-4-11(9)17/h1-6H,(H,18,19). The summed E-state index contributed by atoms with van der Waals surface area (Å²) in [6.07, 6.45) is 0. The van der Waals surface area contributed by atoms with Gasteiger partial charge in [-0.15, -0.1) is 0 Å². The summed E-state index contributed by atoms with van der Waals surface area (Å²) >= 11 is 14.9. The number of anilines is 1. The molecular formula is C13H7BrCl2FNO. The van der Waals surface area contributed by atoms with Gasteiger partial charge in [0.2, 0.25) is 0 Å². The Morgan fingerprint density at radius 3 is 2.63 bits per heavy atom. The monoisotopic (exact) mass is 361 g/mol. The molecule has 98 valence electrons. The second-order valence-corrected chi connectivity index (χ2v) is 5.46. The topological polar surface area (TPSA) is 29.1 Å². The van der Waals surface area contributed by atoms with Crippen molar-refractivity contribution in [1.82, 2.24) is 0 Å². The first kappa shape index (κ1) is 14.3. The van der Waals surface area contributed by atoms with Gasteiger partial charge in [0.25, 0.3) is 5.91 Å². The molecule has 2 nitrogen and oxygen atoms in total. The highest BCUT2D eigenvalue weighted by Gasteiger charge is 2.14. The number of hydrogen-bond acceptors (Lipinski definition) is 1. The van der Waals surface area contributed by atoms with Crippen molar-refractivity contribution in [2.24, 2.45) is 0 Å². The fourth-order valence-corrected chi connectivity index (χ4v) is 2.15. The first-order valence-electron chi connectivity index (χ1n) is 5.19. The molecule has 0 fully saturated rings. The third kappa shape index (κ3) is 3.47. The van der Waals surface area contributed by atoms with Crippen LogP contribution >= 0.6 is 39.1 Å². The lowest BCUT2D eigenvalue weighted by Gasteiger charge is -2.08. The summed E-state index contributed by atoms with van der Waals surface area (Å²) in [5.41, 5.74) is 0.254. The fourth-order valence-electron chi connectivity index (χ4n) is 1.45. The number of hydrogen-bond donors (Lipinski definition) is 1. The van der Waals surface area contributed by atoms with Crippen molar-refractivity contribution in [2.75, 3.05) is 5.32 Å². The van der Waals surface area contributed by atoms with E-state index < -0.39 is 11.7 Å². The Kier molecular flexibility index (Phi) is 4.45. The van der Waals surface area contributed by atoms with Gasteiger partial charge in [0, 0.05) is 9.50 Å². The van der Waals surface area contributed by atoms with Gasteiger partial charge in [-0.1, -0.05) is 39.1 Å². The van der Waals surface area contributed by atoms with E-state index in [1.165, 1.54) is 12.1 Å². The van der Waals surface area contributed by atoms with Crippen molar-refractivity contribution < 1.29 is 9.18 Å². The van der Waals surface area contributed by atoms with Crippen molar-refractivity contribution in [2.45, 2.75) is 0 Å². The minimum absolute atomic E-state index is 0.136. The molecule has 0 bridgehead atoms. The average molecular weight is 363 g/mol. The second-order valence-electron chi connectivity index (χ2n) is 3.70. The Hall–Kier alpha value is -1.10. The van der Waals surface area contributed by atoms with E-state index in [1.807, 2.05) is 0 Å². The van der Waals surface area contributed by atoms with E-state index >= 15 is 0 Å². The Balaban J connectivity index is 2.30. The van der Waals surface area contributed by atoms with Crippen molar-refractivity contribution in [1.29, 1.82) is 0 Å². The summed E-state index contributed by atoms with van der Waals surface area (Å²) in [5, 5.41) is 3.18. The summed E-state index contributed by atoms with van der Waals surface area (Å²) in [6.45, 7) is 0. The molecule has 0 aliphatic carbocycles. The van der Waals surface area contributed by atoms with Gasteiger partial charge in [0.1, 0.15) is 5.82 Å². The first-order valence-corrected chi connectivity index (χ1v) is 6.74. The zero-order chi connectivity index (χ0) is 14.0. The normalized spacial score (nSPS) is 10.3. The maximum Gasteiger partial charge on any atom is 0.258 e. The van der Waals surface area contributed by atoms with Gasteiger partial charge in [0.15, 0.2) is 0 Å². The molecule has 1 N–H and O–H groups in total. The Morgan fingerprint density at radius 1 is 1.16 bits per heavy atom. The predicted molar refractivity (Wildman–Crippen MR) is 78.5 cm³/mol. The highest BCUT2D eigenvalue weighted by atomic mass is 79.9. The lowest BCUT2D eigenvalue weighted by atomic mass is 10.2. The largest absolute Gasteiger partial charge is 0.321 e.